The van der Waals surface area contributed by atoms with Gasteiger partial charge in [-0.1, -0.05) is 29.2 Å². The first-order chi connectivity index (χ1) is 13.7. The van der Waals surface area contributed by atoms with Gasteiger partial charge in [0.1, 0.15) is 0 Å². The van der Waals surface area contributed by atoms with E-state index in [0.717, 1.165) is 22.4 Å². The van der Waals surface area contributed by atoms with E-state index in [1.54, 1.807) is 11.3 Å². The third kappa shape index (κ3) is 6.18. The van der Waals surface area contributed by atoms with Gasteiger partial charge in [0.15, 0.2) is 4.34 Å². The van der Waals surface area contributed by atoms with Crippen LogP contribution in [0.2, 0.25) is 0 Å². The Kier molecular flexibility index (Phi) is 8.11. The second kappa shape index (κ2) is 10.8. The topological polar surface area (TPSA) is 84.4 Å². The van der Waals surface area contributed by atoms with Crippen LogP contribution < -0.4 is 5.32 Å². The number of amides is 1. The normalized spacial score (nSPS) is 14.8. The summed E-state index contributed by atoms with van der Waals surface area (Å²) in [6.07, 6.45) is 2.30. The van der Waals surface area contributed by atoms with E-state index in [2.05, 4.69) is 33.0 Å². The first-order valence-corrected chi connectivity index (χ1v) is 12.0. The zero-order valence-corrected chi connectivity index (χ0v) is 18.2. The first-order valence-electron chi connectivity index (χ1n) is 9.32. The molecule has 1 saturated heterocycles. The van der Waals surface area contributed by atoms with Crippen molar-refractivity contribution in [1.29, 1.82) is 0 Å². The molecule has 0 radical (unpaired) electrons. The van der Waals surface area contributed by atoms with Crippen LogP contribution in [-0.2, 0) is 20.7 Å². The number of carbonyl (C=O) groups excluding carboxylic acids is 2. The lowest BCUT2D eigenvalue weighted by Crippen LogP contribution is -2.41. The quantitative estimate of drug-likeness (QED) is 0.474. The molecule has 3 rings (SSSR count). The second-order valence-electron chi connectivity index (χ2n) is 6.33. The van der Waals surface area contributed by atoms with Gasteiger partial charge in [-0.05, 0) is 37.6 Å². The maximum absolute atomic E-state index is 12.4. The number of ether oxygens (including phenoxy) is 1. The highest BCUT2D eigenvalue weighted by molar-refractivity contribution is 8.01. The number of piperidine rings is 1. The number of hydrogen-bond acceptors (Lipinski definition) is 9. The molecule has 10 heteroatoms. The van der Waals surface area contributed by atoms with E-state index in [4.69, 9.17) is 4.74 Å². The van der Waals surface area contributed by atoms with Crippen LogP contribution in [0, 0.1) is 5.92 Å². The fourth-order valence-electron chi connectivity index (χ4n) is 2.93. The highest BCUT2D eigenvalue weighted by atomic mass is 32.2. The number of thiophene rings is 1. The molecule has 1 aliphatic heterocycles. The number of carbonyl (C=O) groups is 2. The van der Waals surface area contributed by atoms with E-state index in [1.165, 1.54) is 28.0 Å². The molecular formula is C18H24N4O3S3. The summed E-state index contributed by atoms with van der Waals surface area (Å²) in [5, 5.41) is 14.4. The van der Waals surface area contributed by atoms with Crippen LogP contribution in [0.1, 0.15) is 24.6 Å². The van der Waals surface area contributed by atoms with E-state index in [-0.39, 0.29) is 17.8 Å². The minimum Gasteiger partial charge on any atom is -0.466 e. The lowest BCUT2D eigenvalue weighted by atomic mass is 9.97. The predicted molar refractivity (Wildman–Crippen MR) is 113 cm³/mol. The van der Waals surface area contributed by atoms with Gasteiger partial charge in [0, 0.05) is 24.5 Å². The molecule has 0 aromatic carbocycles. The molecule has 0 spiro atoms. The van der Waals surface area contributed by atoms with Crippen molar-refractivity contribution in [2.24, 2.45) is 5.92 Å². The summed E-state index contributed by atoms with van der Waals surface area (Å²) in [4.78, 5) is 27.4. The number of anilines is 1. The van der Waals surface area contributed by atoms with Crippen LogP contribution in [0.4, 0.5) is 5.13 Å². The van der Waals surface area contributed by atoms with Gasteiger partial charge in [-0.25, -0.2) is 0 Å². The zero-order valence-electron chi connectivity index (χ0n) is 15.8. The standard InChI is InChI=1S/C18H24N4O3S3/c1-2-25-16(24)13-6-9-22(10-7-13)15(23)12-27-18-21-20-17(28-18)19-8-5-14-4-3-11-26-14/h3-4,11,13H,2,5-10,12H2,1H3,(H,19,20). The van der Waals surface area contributed by atoms with Crippen LogP contribution >= 0.6 is 34.4 Å². The lowest BCUT2D eigenvalue weighted by molar-refractivity contribution is -0.151. The van der Waals surface area contributed by atoms with Gasteiger partial charge in [-0.15, -0.1) is 21.5 Å². The number of rotatable bonds is 9. The van der Waals surface area contributed by atoms with Crippen LogP contribution in [-0.4, -0.2) is 59.0 Å². The summed E-state index contributed by atoms with van der Waals surface area (Å²) in [6, 6.07) is 4.17. The van der Waals surface area contributed by atoms with Crippen LogP contribution in [0.15, 0.2) is 21.9 Å². The number of hydrogen-bond donors (Lipinski definition) is 1. The molecule has 0 unspecified atom stereocenters. The van der Waals surface area contributed by atoms with Crippen molar-refractivity contribution >= 4 is 51.4 Å². The third-order valence-electron chi connectivity index (χ3n) is 4.42. The van der Waals surface area contributed by atoms with Gasteiger partial charge >= 0.3 is 5.97 Å². The minimum absolute atomic E-state index is 0.0784. The molecule has 2 aromatic rings. The van der Waals surface area contributed by atoms with E-state index >= 15 is 0 Å². The first kappa shape index (κ1) is 21.1. The molecule has 1 N–H and O–H groups in total. The Balaban J connectivity index is 1.36. The highest BCUT2D eigenvalue weighted by Gasteiger charge is 2.28. The molecule has 0 aliphatic carbocycles. The maximum atomic E-state index is 12.4. The Morgan fingerprint density at radius 1 is 1.36 bits per heavy atom. The largest absolute Gasteiger partial charge is 0.466 e. The molecule has 0 saturated carbocycles. The van der Waals surface area contributed by atoms with E-state index in [0.29, 0.717) is 38.3 Å². The van der Waals surface area contributed by atoms with Crippen molar-refractivity contribution in [3.63, 3.8) is 0 Å². The van der Waals surface area contributed by atoms with Gasteiger partial charge in [0.2, 0.25) is 11.0 Å². The van der Waals surface area contributed by atoms with Crippen molar-refractivity contribution in [3.8, 4) is 0 Å². The summed E-state index contributed by atoms with van der Waals surface area (Å²) >= 11 is 4.63. The Hall–Kier alpha value is -1.65. The highest BCUT2D eigenvalue weighted by Crippen LogP contribution is 2.26. The van der Waals surface area contributed by atoms with Crippen molar-refractivity contribution in [2.45, 2.75) is 30.5 Å². The maximum Gasteiger partial charge on any atom is 0.309 e. The number of thioether (sulfide) groups is 1. The molecule has 1 aliphatic rings. The van der Waals surface area contributed by atoms with Crippen LogP contribution in [0.25, 0.3) is 0 Å². The molecule has 152 valence electrons. The predicted octanol–water partition coefficient (Wildman–Crippen LogP) is 3.15. The third-order valence-corrected chi connectivity index (χ3v) is 7.36. The van der Waals surface area contributed by atoms with Gasteiger partial charge in [-0.2, -0.15) is 0 Å². The zero-order chi connectivity index (χ0) is 19.8. The van der Waals surface area contributed by atoms with Crippen molar-refractivity contribution in [3.05, 3.63) is 22.4 Å². The molecular weight excluding hydrogens is 416 g/mol. The van der Waals surface area contributed by atoms with Gasteiger partial charge in [0.25, 0.3) is 0 Å². The van der Waals surface area contributed by atoms with Gasteiger partial charge in [0.05, 0.1) is 18.3 Å². The number of nitrogens with zero attached hydrogens (tertiary/aromatic N) is 3. The number of aromatic nitrogens is 2. The van der Waals surface area contributed by atoms with E-state index < -0.39 is 0 Å². The summed E-state index contributed by atoms with van der Waals surface area (Å²) in [7, 11) is 0. The van der Waals surface area contributed by atoms with Gasteiger partial charge in [-0.3, -0.25) is 9.59 Å². The van der Waals surface area contributed by atoms with Crippen LogP contribution in [0.3, 0.4) is 0 Å². The second-order valence-corrected chi connectivity index (χ2v) is 9.56. The van der Waals surface area contributed by atoms with Gasteiger partial charge < -0.3 is 15.0 Å². The van der Waals surface area contributed by atoms with Crippen LogP contribution in [0.5, 0.6) is 0 Å². The molecule has 0 atom stereocenters. The average Bonchev–Trinajstić information content (AvgIpc) is 3.39. The van der Waals surface area contributed by atoms with Crippen molar-refractivity contribution in [2.75, 3.05) is 37.3 Å². The summed E-state index contributed by atoms with van der Waals surface area (Å²) < 4.78 is 5.85. The molecule has 1 amide bonds. The Morgan fingerprint density at radius 3 is 2.89 bits per heavy atom. The SMILES string of the molecule is CCOC(=O)C1CCN(C(=O)CSc2nnc(NCCc3cccs3)s2)CC1. The fraction of sp³-hybridized carbons (Fsp3) is 0.556. The molecule has 0 bridgehead atoms. The Labute approximate surface area is 176 Å². The lowest BCUT2D eigenvalue weighted by Gasteiger charge is -2.30. The summed E-state index contributed by atoms with van der Waals surface area (Å²) in [6.45, 7) is 4.24. The van der Waals surface area contributed by atoms with E-state index in [9.17, 15) is 9.59 Å². The Bertz CT molecular complexity index is 758. The van der Waals surface area contributed by atoms with Crippen molar-refractivity contribution in [1.82, 2.24) is 15.1 Å². The summed E-state index contributed by atoms with van der Waals surface area (Å²) in [5.41, 5.74) is 0. The monoisotopic (exact) mass is 440 g/mol. The summed E-state index contributed by atoms with van der Waals surface area (Å²) in [5.74, 6) is 0.197. The molecule has 28 heavy (non-hydrogen) atoms. The van der Waals surface area contributed by atoms with E-state index in [1.807, 2.05) is 11.8 Å². The molecule has 2 aromatic heterocycles. The molecule has 3 heterocycles. The van der Waals surface area contributed by atoms with Crippen molar-refractivity contribution < 1.29 is 14.3 Å². The Morgan fingerprint density at radius 2 is 2.18 bits per heavy atom. The number of likely N-dealkylation sites (tertiary alicyclic amines) is 1. The molecule has 7 nitrogen and oxygen atoms in total. The fourth-order valence-corrected chi connectivity index (χ4v) is 5.32. The minimum atomic E-state index is -0.142. The molecule has 1 fully saturated rings. The number of esters is 1. The smallest absolute Gasteiger partial charge is 0.309 e. The number of nitrogens with one attached hydrogen (secondary N) is 1. The average molecular weight is 441 g/mol.